The van der Waals surface area contributed by atoms with Crippen LogP contribution in [0.25, 0.3) is 11.0 Å². The Labute approximate surface area is 156 Å². The van der Waals surface area contributed by atoms with Crippen LogP contribution in [0.4, 0.5) is 0 Å². The van der Waals surface area contributed by atoms with Crippen molar-refractivity contribution in [2.45, 2.75) is 45.1 Å². The topological polar surface area (TPSA) is 75.4 Å². The van der Waals surface area contributed by atoms with Gasteiger partial charge in [-0.3, -0.25) is 4.79 Å². The summed E-state index contributed by atoms with van der Waals surface area (Å²) in [6.45, 7) is 0.661. The van der Waals surface area contributed by atoms with E-state index in [1.165, 1.54) is 28.9 Å². The molecule has 4 rings (SSSR count). The van der Waals surface area contributed by atoms with Gasteiger partial charge in [-0.15, -0.1) is 11.3 Å². The molecule has 0 unspecified atom stereocenters. The number of fused-ring (bicyclic) bond motifs is 2. The van der Waals surface area contributed by atoms with Crippen LogP contribution in [0.15, 0.2) is 29.0 Å². The molecule has 2 aromatic heterocycles. The zero-order valence-corrected chi connectivity index (χ0v) is 15.4. The molecule has 0 radical (unpaired) electrons. The van der Waals surface area contributed by atoms with E-state index in [0.29, 0.717) is 13.0 Å². The molecule has 2 heterocycles. The average Bonchev–Trinajstić information content (AvgIpc) is 3.37. The van der Waals surface area contributed by atoms with Crippen molar-refractivity contribution in [2.75, 3.05) is 6.54 Å². The van der Waals surface area contributed by atoms with Crippen LogP contribution in [-0.4, -0.2) is 22.5 Å². The second kappa shape index (κ2) is 7.60. The Morgan fingerprint density at radius 3 is 2.96 bits per heavy atom. The lowest BCUT2D eigenvalue weighted by Gasteiger charge is -2.04. The van der Waals surface area contributed by atoms with Gasteiger partial charge in [-0.2, -0.15) is 0 Å². The zero-order chi connectivity index (χ0) is 17.9. The van der Waals surface area contributed by atoms with E-state index in [-0.39, 0.29) is 12.5 Å². The molecule has 1 amide bonds. The van der Waals surface area contributed by atoms with Crippen LogP contribution < -0.4 is 5.32 Å². The van der Waals surface area contributed by atoms with Crippen LogP contribution in [0.2, 0.25) is 0 Å². The van der Waals surface area contributed by atoms with E-state index in [4.69, 9.17) is 9.52 Å². The fourth-order valence-electron chi connectivity index (χ4n) is 3.52. The van der Waals surface area contributed by atoms with Crippen LogP contribution >= 0.6 is 11.3 Å². The van der Waals surface area contributed by atoms with Crippen LogP contribution in [-0.2, 0) is 37.1 Å². The Kier molecular flexibility index (Phi) is 5.04. The number of hydrogen-bond acceptors (Lipinski definition) is 5. The fourth-order valence-corrected chi connectivity index (χ4v) is 4.35. The Morgan fingerprint density at radius 1 is 1.31 bits per heavy atom. The molecule has 1 aromatic carbocycles. The standard InChI is InChI=1S/C20H22N2O3S/c23-11-16-10-22-20(26-16)5-2-6-21-19(24)9-15-12-25-18-8-14-4-1-3-13(14)7-17(15)18/h7-8,10,12,23H,1-6,9,11H2,(H,21,24). The molecule has 3 aromatic rings. The predicted molar refractivity (Wildman–Crippen MR) is 101 cm³/mol. The monoisotopic (exact) mass is 370 g/mol. The summed E-state index contributed by atoms with van der Waals surface area (Å²) in [5, 5.41) is 14.1. The maximum Gasteiger partial charge on any atom is 0.224 e. The Morgan fingerprint density at radius 2 is 2.15 bits per heavy atom. The first-order valence-corrected chi connectivity index (χ1v) is 9.87. The Bertz CT molecular complexity index is 928. The minimum Gasteiger partial charge on any atom is -0.464 e. The molecule has 0 saturated carbocycles. The number of carbonyl (C=O) groups excluding carboxylic acids is 1. The molecule has 0 saturated heterocycles. The number of thiazole rings is 1. The molecule has 26 heavy (non-hydrogen) atoms. The van der Waals surface area contributed by atoms with Crippen LogP contribution in [0.3, 0.4) is 0 Å². The van der Waals surface area contributed by atoms with Gasteiger partial charge in [-0.1, -0.05) is 0 Å². The van der Waals surface area contributed by atoms with E-state index in [0.717, 1.165) is 52.1 Å². The highest BCUT2D eigenvalue weighted by atomic mass is 32.1. The van der Waals surface area contributed by atoms with Crippen LogP contribution in [0.1, 0.15) is 39.4 Å². The number of nitrogens with one attached hydrogen (secondary N) is 1. The maximum atomic E-state index is 12.3. The quantitative estimate of drug-likeness (QED) is 0.627. The molecular weight excluding hydrogens is 348 g/mol. The third kappa shape index (κ3) is 3.66. The highest BCUT2D eigenvalue weighted by Crippen LogP contribution is 2.30. The molecule has 2 N–H and O–H groups in total. The van der Waals surface area contributed by atoms with Crippen molar-refractivity contribution in [1.82, 2.24) is 10.3 Å². The SMILES string of the molecule is O=C(Cc1coc2cc3c(cc12)CCC3)NCCCc1ncc(CO)s1. The molecule has 0 atom stereocenters. The Balaban J connectivity index is 1.30. The molecular formula is C20H22N2O3S. The van der Waals surface area contributed by atoms with E-state index in [1.807, 2.05) is 0 Å². The van der Waals surface area contributed by atoms with Crippen molar-refractivity contribution in [3.63, 3.8) is 0 Å². The van der Waals surface area contributed by atoms with E-state index in [1.54, 1.807) is 12.5 Å². The molecule has 0 bridgehead atoms. The minimum absolute atomic E-state index is 0.0170. The smallest absolute Gasteiger partial charge is 0.224 e. The summed E-state index contributed by atoms with van der Waals surface area (Å²) in [4.78, 5) is 17.4. The third-order valence-electron chi connectivity index (χ3n) is 4.87. The number of aromatic nitrogens is 1. The lowest BCUT2D eigenvalue weighted by atomic mass is 10.0. The van der Waals surface area contributed by atoms with Crippen LogP contribution in [0.5, 0.6) is 0 Å². The van der Waals surface area contributed by atoms with Gasteiger partial charge in [-0.05, 0) is 48.9 Å². The summed E-state index contributed by atoms with van der Waals surface area (Å²) < 4.78 is 5.66. The highest BCUT2D eigenvalue weighted by molar-refractivity contribution is 7.11. The van der Waals surface area contributed by atoms with Gasteiger partial charge in [0, 0.05) is 30.1 Å². The number of aryl methyl sites for hydroxylation is 3. The number of carbonyl (C=O) groups is 1. The molecule has 0 aliphatic heterocycles. The van der Waals surface area contributed by atoms with Gasteiger partial charge < -0.3 is 14.8 Å². The van der Waals surface area contributed by atoms with Crippen molar-refractivity contribution in [3.8, 4) is 0 Å². The first kappa shape index (κ1) is 17.2. The lowest BCUT2D eigenvalue weighted by Crippen LogP contribution is -2.26. The molecule has 6 heteroatoms. The van der Waals surface area contributed by atoms with E-state index in [2.05, 4.69) is 22.4 Å². The number of hydrogen-bond donors (Lipinski definition) is 2. The molecule has 0 fully saturated rings. The Hall–Kier alpha value is -2.18. The third-order valence-corrected chi connectivity index (χ3v) is 5.91. The van der Waals surface area contributed by atoms with E-state index in [9.17, 15) is 4.79 Å². The van der Waals surface area contributed by atoms with E-state index < -0.39 is 0 Å². The van der Waals surface area contributed by atoms with Gasteiger partial charge in [0.15, 0.2) is 0 Å². The van der Waals surface area contributed by atoms with Gasteiger partial charge >= 0.3 is 0 Å². The highest BCUT2D eigenvalue weighted by Gasteiger charge is 2.16. The van der Waals surface area contributed by atoms with Crippen molar-refractivity contribution in [1.29, 1.82) is 0 Å². The molecule has 5 nitrogen and oxygen atoms in total. The zero-order valence-electron chi connectivity index (χ0n) is 14.6. The summed E-state index contributed by atoms with van der Waals surface area (Å²) in [5.41, 5.74) is 4.62. The minimum atomic E-state index is 0.0170. The van der Waals surface area contributed by atoms with Gasteiger partial charge in [0.2, 0.25) is 5.91 Å². The summed E-state index contributed by atoms with van der Waals surface area (Å²) in [5.74, 6) is 0.0170. The normalized spacial score (nSPS) is 13.3. The summed E-state index contributed by atoms with van der Waals surface area (Å²) in [6.07, 6.45) is 8.87. The second-order valence-corrected chi connectivity index (χ2v) is 7.94. The van der Waals surface area contributed by atoms with Gasteiger partial charge in [0.25, 0.3) is 0 Å². The number of aliphatic hydroxyl groups is 1. The van der Waals surface area contributed by atoms with Gasteiger partial charge in [0.1, 0.15) is 5.58 Å². The molecule has 0 spiro atoms. The predicted octanol–water partition coefficient (Wildman–Crippen LogP) is 3.16. The van der Waals surface area contributed by atoms with Crippen molar-refractivity contribution < 1.29 is 14.3 Å². The maximum absolute atomic E-state index is 12.3. The summed E-state index contributed by atoms with van der Waals surface area (Å²) in [7, 11) is 0. The molecule has 136 valence electrons. The number of nitrogens with zero attached hydrogens (tertiary/aromatic N) is 1. The average molecular weight is 370 g/mol. The lowest BCUT2D eigenvalue weighted by molar-refractivity contribution is -0.120. The molecule has 1 aliphatic carbocycles. The first-order valence-electron chi connectivity index (χ1n) is 9.06. The van der Waals surface area contributed by atoms with Crippen molar-refractivity contribution in [2.24, 2.45) is 0 Å². The number of rotatable bonds is 7. The van der Waals surface area contributed by atoms with Gasteiger partial charge in [0.05, 0.1) is 29.2 Å². The fraction of sp³-hybridized carbons (Fsp3) is 0.400. The largest absolute Gasteiger partial charge is 0.464 e. The number of amides is 1. The van der Waals surface area contributed by atoms with Crippen LogP contribution in [0, 0.1) is 0 Å². The van der Waals surface area contributed by atoms with Crippen molar-refractivity contribution in [3.05, 3.63) is 51.2 Å². The van der Waals surface area contributed by atoms with Crippen molar-refractivity contribution >= 4 is 28.2 Å². The number of benzene rings is 1. The summed E-state index contributed by atoms with van der Waals surface area (Å²) >= 11 is 1.52. The molecule has 1 aliphatic rings. The summed E-state index contributed by atoms with van der Waals surface area (Å²) in [6, 6.07) is 4.33. The second-order valence-electron chi connectivity index (χ2n) is 6.74. The number of aliphatic hydroxyl groups excluding tert-OH is 1. The van der Waals surface area contributed by atoms with Gasteiger partial charge in [-0.25, -0.2) is 4.98 Å². The van der Waals surface area contributed by atoms with E-state index >= 15 is 0 Å². The first-order chi connectivity index (χ1) is 12.7. The number of furan rings is 1.